The van der Waals surface area contributed by atoms with Crippen LogP contribution in [0.15, 0.2) is 54.6 Å². The van der Waals surface area contributed by atoms with Crippen molar-refractivity contribution in [3.05, 3.63) is 65.2 Å². The zero-order chi connectivity index (χ0) is 16.5. The molecule has 3 aromatic rings. The van der Waals surface area contributed by atoms with E-state index in [4.69, 9.17) is 0 Å². The fourth-order valence-corrected chi connectivity index (χ4v) is 4.24. The number of amides is 1. The van der Waals surface area contributed by atoms with Gasteiger partial charge in [-0.1, -0.05) is 42.5 Å². The zero-order valence-electron chi connectivity index (χ0n) is 13.7. The third kappa shape index (κ3) is 3.06. The number of hydrogen-bond acceptors (Lipinski definition) is 3. The van der Waals surface area contributed by atoms with Crippen LogP contribution in [0.1, 0.15) is 29.3 Å². The fourth-order valence-electron chi connectivity index (χ4n) is 3.27. The normalized spacial score (nSPS) is 19.4. The lowest BCUT2D eigenvalue weighted by atomic mass is 10.1. The number of likely N-dealkylation sites (N-methyl/N-ethyl adjacent to an activating group) is 1. The van der Waals surface area contributed by atoms with Gasteiger partial charge >= 0.3 is 0 Å². The third-order valence-electron chi connectivity index (χ3n) is 4.77. The molecule has 3 nitrogen and oxygen atoms in total. The quantitative estimate of drug-likeness (QED) is 0.698. The summed E-state index contributed by atoms with van der Waals surface area (Å²) in [6, 6.07) is 19.0. The Labute approximate surface area is 146 Å². The van der Waals surface area contributed by atoms with E-state index in [0.29, 0.717) is 18.4 Å². The molecule has 1 amide bonds. The van der Waals surface area contributed by atoms with Gasteiger partial charge in [0.15, 0.2) is 0 Å². The number of aromatic nitrogens is 1. The summed E-state index contributed by atoms with van der Waals surface area (Å²) >= 11 is 1.69. The van der Waals surface area contributed by atoms with Crippen molar-refractivity contribution in [2.24, 2.45) is 0 Å². The molecule has 0 N–H and O–H groups in total. The molecule has 0 bridgehead atoms. The molecule has 24 heavy (non-hydrogen) atoms. The second-order valence-electron chi connectivity index (χ2n) is 6.40. The number of para-hydroxylation sites is 1. The lowest BCUT2D eigenvalue weighted by Gasteiger charge is -2.17. The molecule has 0 spiro atoms. The average molecular weight is 336 g/mol. The van der Waals surface area contributed by atoms with E-state index in [0.717, 1.165) is 23.4 Å². The Kier molecular flexibility index (Phi) is 4.07. The Balaban J connectivity index is 1.35. The molecule has 4 rings (SSSR count). The van der Waals surface area contributed by atoms with Crippen LogP contribution < -0.4 is 0 Å². The van der Waals surface area contributed by atoms with E-state index in [9.17, 15) is 4.79 Å². The lowest BCUT2D eigenvalue weighted by Crippen LogP contribution is -2.29. The number of aryl methyl sites for hydroxylation is 1. The van der Waals surface area contributed by atoms with Crippen LogP contribution >= 0.6 is 11.3 Å². The van der Waals surface area contributed by atoms with Crippen molar-refractivity contribution in [2.75, 3.05) is 7.05 Å². The average Bonchev–Trinajstić information content (AvgIpc) is 3.31. The van der Waals surface area contributed by atoms with Crippen LogP contribution in [-0.2, 0) is 11.2 Å². The van der Waals surface area contributed by atoms with Crippen molar-refractivity contribution in [2.45, 2.75) is 31.2 Å². The SMILES string of the molecule is CN(C(=O)CCc1nc2ccccc2s1)C1CC1c1ccccc1. The summed E-state index contributed by atoms with van der Waals surface area (Å²) in [6.07, 6.45) is 2.34. The van der Waals surface area contributed by atoms with Crippen LogP contribution in [0.4, 0.5) is 0 Å². The Morgan fingerprint density at radius 1 is 1.17 bits per heavy atom. The van der Waals surface area contributed by atoms with E-state index in [1.54, 1.807) is 11.3 Å². The maximum atomic E-state index is 12.5. The van der Waals surface area contributed by atoms with Gasteiger partial charge in [-0.15, -0.1) is 11.3 Å². The Hall–Kier alpha value is -2.20. The summed E-state index contributed by atoms with van der Waals surface area (Å²) in [5, 5.41) is 1.05. The standard InChI is InChI=1S/C20H20N2OS/c1-22(17-13-15(17)14-7-3-2-4-8-14)20(23)12-11-19-21-16-9-5-6-10-18(16)24-19/h2-10,15,17H,11-13H2,1H3. The van der Waals surface area contributed by atoms with Gasteiger partial charge in [0, 0.05) is 31.8 Å². The van der Waals surface area contributed by atoms with Crippen molar-refractivity contribution in [1.29, 1.82) is 0 Å². The van der Waals surface area contributed by atoms with Gasteiger partial charge in [-0.2, -0.15) is 0 Å². The molecule has 0 aliphatic heterocycles. The van der Waals surface area contributed by atoms with E-state index in [-0.39, 0.29) is 5.91 Å². The predicted molar refractivity (Wildman–Crippen MR) is 98.3 cm³/mol. The molecule has 2 unspecified atom stereocenters. The third-order valence-corrected chi connectivity index (χ3v) is 5.86. The van der Waals surface area contributed by atoms with Crippen LogP contribution in [-0.4, -0.2) is 28.9 Å². The van der Waals surface area contributed by atoms with E-state index in [2.05, 4.69) is 35.3 Å². The van der Waals surface area contributed by atoms with Crippen molar-refractivity contribution >= 4 is 27.5 Å². The highest BCUT2D eigenvalue weighted by Crippen LogP contribution is 2.44. The second kappa shape index (κ2) is 6.36. The van der Waals surface area contributed by atoms with Gasteiger partial charge in [0.25, 0.3) is 0 Å². The molecule has 1 heterocycles. The van der Waals surface area contributed by atoms with Gasteiger partial charge in [0.05, 0.1) is 15.2 Å². The van der Waals surface area contributed by atoms with E-state index in [1.165, 1.54) is 10.3 Å². The van der Waals surface area contributed by atoms with Crippen molar-refractivity contribution in [3.63, 3.8) is 0 Å². The number of rotatable bonds is 5. The van der Waals surface area contributed by atoms with Crippen molar-refractivity contribution < 1.29 is 4.79 Å². The summed E-state index contributed by atoms with van der Waals surface area (Å²) in [5.74, 6) is 0.722. The summed E-state index contributed by atoms with van der Waals surface area (Å²) in [7, 11) is 1.94. The van der Waals surface area contributed by atoms with E-state index < -0.39 is 0 Å². The molecule has 1 saturated carbocycles. The maximum absolute atomic E-state index is 12.5. The maximum Gasteiger partial charge on any atom is 0.223 e. The van der Waals surface area contributed by atoms with Crippen LogP contribution in [0.3, 0.4) is 0 Å². The highest BCUT2D eigenvalue weighted by molar-refractivity contribution is 7.18. The molecule has 1 aliphatic rings. The highest BCUT2D eigenvalue weighted by Gasteiger charge is 2.42. The predicted octanol–water partition coefficient (Wildman–Crippen LogP) is 4.24. The van der Waals surface area contributed by atoms with Gasteiger partial charge in [-0.3, -0.25) is 4.79 Å². The Morgan fingerprint density at radius 2 is 1.92 bits per heavy atom. The second-order valence-corrected chi connectivity index (χ2v) is 7.52. The first-order chi connectivity index (χ1) is 11.7. The molecule has 2 aromatic carbocycles. The van der Waals surface area contributed by atoms with Crippen LogP contribution in [0.25, 0.3) is 10.2 Å². The molecule has 1 aliphatic carbocycles. The molecular formula is C20H20N2OS. The van der Waals surface area contributed by atoms with Crippen molar-refractivity contribution in [1.82, 2.24) is 9.88 Å². The minimum absolute atomic E-state index is 0.220. The van der Waals surface area contributed by atoms with Gasteiger partial charge < -0.3 is 4.90 Å². The van der Waals surface area contributed by atoms with Gasteiger partial charge in [0.2, 0.25) is 5.91 Å². The first-order valence-electron chi connectivity index (χ1n) is 8.37. The van der Waals surface area contributed by atoms with E-state index >= 15 is 0 Å². The van der Waals surface area contributed by atoms with Crippen molar-refractivity contribution in [3.8, 4) is 0 Å². The molecular weight excluding hydrogens is 316 g/mol. The molecule has 2 atom stereocenters. The number of carbonyl (C=O) groups is 1. The topological polar surface area (TPSA) is 33.2 Å². The summed E-state index contributed by atoms with van der Waals surface area (Å²) in [6.45, 7) is 0. The summed E-state index contributed by atoms with van der Waals surface area (Å²) in [4.78, 5) is 19.0. The molecule has 4 heteroatoms. The van der Waals surface area contributed by atoms with E-state index in [1.807, 2.05) is 36.2 Å². The Bertz CT molecular complexity index is 825. The molecule has 0 saturated heterocycles. The monoisotopic (exact) mass is 336 g/mol. The molecule has 1 fully saturated rings. The number of carbonyl (C=O) groups excluding carboxylic acids is 1. The summed E-state index contributed by atoms with van der Waals surface area (Å²) < 4.78 is 1.19. The summed E-state index contributed by atoms with van der Waals surface area (Å²) in [5.41, 5.74) is 2.37. The minimum atomic E-state index is 0.220. The van der Waals surface area contributed by atoms with Crippen LogP contribution in [0, 0.1) is 0 Å². The van der Waals surface area contributed by atoms with Gasteiger partial charge in [-0.05, 0) is 24.1 Å². The molecule has 122 valence electrons. The number of benzene rings is 2. The first kappa shape index (κ1) is 15.3. The Morgan fingerprint density at radius 3 is 2.71 bits per heavy atom. The number of fused-ring (bicyclic) bond motifs is 1. The van der Waals surface area contributed by atoms with Crippen LogP contribution in [0.2, 0.25) is 0 Å². The number of hydrogen-bond donors (Lipinski definition) is 0. The van der Waals surface area contributed by atoms with Crippen LogP contribution in [0.5, 0.6) is 0 Å². The number of thiazole rings is 1. The minimum Gasteiger partial charge on any atom is -0.342 e. The van der Waals surface area contributed by atoms with Gasteiger partial charge in [-0.25, -0.2) is 4.98 Å². The largest absolute Gasteiger partial charge is 0.342 e. The number of nitrogens with zero attached hydrogens (tertiary/aromatic N) is 2. The lowest BCUT2D eigenvalue weighted by molar-refractivity contribution is -0.130. The first-order valence-corrected chi connectivity index (χ1v) is 9.19. The van der Waals surface area contributed by atoms with Gasteiger partial charge in [0.1, 0.15) is 0 Å². The molecule has 1 aromatic heterocycles. The fraction of sp³-hybridized carbons (Fsp3) is 0.300. The highest BCUT2D eigenvalue weighted by atomic mass is 32.1. The molecule has 0 radical (unpaired) electrons. The zero-order valence-corrected chi connectivity index (χ0v) is 14.5. The smallest absolute Gasteiger partial charge is 0.223 e.